The number of rotatable bonds is 6. The predicted molar refractivity (Wildman–Crippen MR) is 108 cm³/mol. The van der Waals surface area contributed by atoms with E-state index in [4.69, 9.17) is 0 Å². The number of carbonyl (C=O) groups is 2. The lowest BCUT2D eigenvalue weighted by Gasteiger charge is -2.36. The molecule has 2 aliphatic rings. The molecule has 3 rings (SSSR count). The van der Waals surface area contributed by atoms with E-state index in [1.54, 1.807) is 18.5 Å². The first kappa shape index (κ1) is 20.5. The Morgan fingerprint density at radius 1 is 1.18 bits per heavy atom. The molecule has 1 atom stereocenters. The highest BCUT2D eigenvalue weighted by Crippen LogP contribution is 2.16. The van der Waals surface area contributed by atoms with Crippen molar-refractivity contribution in [3.05, 3.63) is 18.5 Å². The summed E-state index contributed by atoms with van der Waals surface area (Å²) in [4.78, 5) is 40.2. The number of anilines is 1. The van der Waals surface area contributed by atoms with Gasteiger partial charge in [-0.1, -0.05) is 13.8 Å². The Morgan fingerprint density at radius 2 is 1.96 bits per heavy atom. The van der Waals surface area contributed by atoms with Crippen LogP contribution in [0.3, 0.4) is 0 Å². The van der Waals surface area contributed by atoms with Gasteiger partial charge in [-0.15, -0.1) is 0 Å². The van der Waals surface area contributed by atoms with Crippen LogP contribution in [0.5, 0.6) is 0 Å². The van der Waals surface area contributed by atoms with Gasteiger partial charge < -0.3 is 15.1 Å². The minimum atomic E-state index is -0.350. The zero-order valence-electron chi connectivity index (χ0n) is 17.0. The van der Waals surface area contributed by atoms with Gasteiger partial charge in [0, 0.05) is 51.7 Å². The van der Waals surface area contributed by atoms with Crippen molar-refractivity contribution in [1.29, 1.82) is 0 Å². The molecule has 2 fully saturated rings. The van der Waals surface area contributed by atoms with Crippen molar-refractivity contribution < 1.29 is 9.59 Å². The van der Waals surface area contributed by atoms with Gasteiger partial charge in [0.15, 0.2) is 0 Å². The van der Waals surface area contributed by atoms with E-state index < -0.39 is 0 Å². The number of carbonyl (C=O) groups excluding carboxylic acids is 2. The van der Waals surface area contributed by atoms with E-state index in [9.17, 15) is 9.59 Å². The number of hydrogen-bond acceptors (Lipinski definition) is 6. The second-order valence-corrected chi connectivity index (χ2v) is 8.00. The van der Waals surface area contributed by atoms with Crippen LogP contribution in [0.4, 0.5) is 5.95 Å². The van der Waals surface area contributed by atoms with E-state index in [1.807, 2.05) is 4.90 Å². The van der Waals surface area contributed by atoms with Gasteiger partial charge in [0.25, 0.3) is 0 Å². The van der Waals surface area contributed by atoms with Gasteiger partial charge in [0.05, 0.1) is 12.5 Å². The SMILES string of the molecule is CC(C)CCN1CCNC(=O)C1CC(=O)N1CCCN(c2ncccn2)CC1. The van der Waals surface area contributed by atoms with Crippen molar-refractivity contribution in [2.24, 2.45) is 5.92 Å². The molecule has 2 saturated heterocycles. The summed E-state index contributed by atoms with van der Waals surface area (Å²) in [6.07, 6.45) is 5.64. The van der Waals surface area contributed by atoms with Crippen molar-refractivity contribution >= 4 is 17.8 Å². The third-order valence-electron chi connectivity index (χ3n) is 5.49. The average Bonchev–Trinajstić information content (AvgIpc) is 2.95. The van der Waals surface area contributed by atoms with E-state index >= 15 is 0 Å². The van der Waals surface area contributed by atoms with Crippen LogP contribution in [0.15, 0.2) is 18.5 Å². The molecule has 28 heavy (non-hydrogen) atoms. The van der Waals surface area contributed by atoms with Crippen LogP contribution in [-0.2, 0) is 9.59 Å². The molecule has 154 valence electrons. The maximum atomic E-state index is 13.0. The van der Waals surface area contributed by atoms with Crippen LogP contribution in [0.1, 0.15) is 33.1 Å². The molecule has 0 radical (unpaired) electrons. The summed E-state index contributed by atoms with van der Waals surface area (Å²) in [5.74, 6) is 1.34. The van der Waals surface area contributed by atoms with Crippen LogP contribution >= 0.6 is 0 Å². The molecule has 8 nitrogen and oxygen atoms in total. The molecular weight excluding hydrogens is 356 g/mol. The van der Waals surface area contributed by atoms with E-state index in [2.05, 4.69) is 38.9 Å². The van der Waals surface area contributed by atoms with E-state index in [0.29, 0.717) is 38.0 Å². The van der Waals surface area contributed by atoms with Crippen molar-refractivity contribution in [3.63, 3.8) is 0 Å². The van der Waals surface area contributed by atoms with Crippen LogP contribution in [0.25, 0.3) is 0 Å². The predicted octanol–water partition coefficient (Wildman–Crippen LogP) is 0.752. The van der Waals surface area contributed by atoms with Crippen LogP contribution < -0.4 is 10.2 Å². The molecule has 0 aliphatic carbocycles. The van der Waals surface area contributed by atoms with Gasteiger partial charge >= 0.3 is 0 Å². The summed E-state index contributed by atoms with van der Waals surface area (Å²) < 4.78 is 0. The fraction of sp³-hybridized carbons (Fsp3) is 0.700. The molecule has 0 bridgehead atoms. The van der Waals surface area contributed by atoms with Gasteiger partial charge in [-0.3, -0.25) is 14.5 Å². The monoisotopic (exact) mass is 388 g/mol. The highest BCUT2D eigenvalue weighted by molar-refractivity contribution is 5.88. The lowest BCUT2D eigenvalue weighted by molar-refractivity contribution is -0.138. The highest BCUT2D eigenvalue weighted by Gasteiger charge is 2.33. The Labute approximate surface area is 167 Å². The number of amides is 2. The Bertz CT molecular complexity index is 653. The number of hydrogen-bond donors (Lipinski definition) is 1. The minimum absolute atomic E-state index is 0.0162. The third kappa shape index (κ3) is 5.41. The standard InChI is InChI=1S/C20H32N6O2/c1-16(2)5-11-24-12-8-21-19(28)17(24)15-18(27)25-9-4-10-26(14-13-25)20-22-6-3-7-23-20/h3,6-7,16-17H,4-5,8-15H2,1-2H3,(H,21,28). The van der Waals surface area contributed by atoms with E-state index in [-0.39, 0.29) is 24.3 Å². The molecule has 8 heteroatoms. The maximum absolute atomic E-state index is 13.0. The second-order valence-electron chi connectivity index (χ2n) is 8.00. The number of nitrogens with one attached hydrogen (secondary N) is 1. The first-order valence-electron chi connectivity index (χ1n) is 10.4. The van der Waals surface area contributed by atoms with Crippen molar-refractivity contribution in [1.82, 2.24) is 25.1 Å². The molecule has 1 unspecified atom stereocenters. The first-order valence-corrected chi connectivity index (χ1v) is 10.4. The van der Waals surface area contributed by atoms with Crippen molar-refractivity contribution in [3.8, 4) is 0 Å². The molecule has 3 heterocycles. The smallest absolute Gasteiger partial charge is 0.237 e. The molecule has 0 aromatic carbocycles. The lowest BCUT2D eigenvalue weighted by Crippen LogP contribution is -2.57. The lowest BCUT2D eigenvalue weighted by atomic mass is 10.0. The normalized spacial score (nSPS) is 21.5. The molecular formula is C20H32N6O2. The van der Waals surface area contributed by atoms with Gasteiger partial charge in [-0.2, -0.15) is 0 Å². The fourth-order valence-corrected chi connectivity index (χ4v) is 3.79. The molecule has 2 aliphatic heterocycles. The van der Waals surface area contributed by atoms with Crippen LogP contribution in [0.2, 0.25) is 0 Å². The van der Waals surface area contributed by atoms with Crippen LogP contribution in [0, 0.1) is 5.92 Å². The molecule has 1 aromatic heterocycles. The van der Waals surface area contributed by atoms with E-state index in [1.165, 1.54) is 0 Å². The Morgan fingerprint density at radius 3 is 2.71 bits per heavy atom. The summed E-state index contributed by atoms with van der Waals surface area (Å²) in [6.45, 7) is 9.60. The highest BCUT2D eigenvalue weighted by atomic mass is 16.2. The zero-order chi connectivity index (χ0) is 19.9. The molecule has 0 saturated carbocycles. The van der Waals surface area contributed by atoms with Crippen LogP contribution in [-0.4, -0.2) is 83.4 Å². The molecule has 1 aromatic rings. The van der Waals surface area contributed by atoms with E-state index in [0.717, 1.165) is 32.5 Å². The summed E-state index contributed by atoms with van der Waals surface area (Å²) >= 11 is 0. The summed E-state index contributed by atoms with van der Waals surface area (Å²) in [6, 6.07) is 1.45. The van der Waals surface area contributed by atoms with Crippen molar-refractivity contribution in [2.45, 2.75) is 39.2 Å². The third-order valence-corrected chi connectivity index (χ3v) is 5.49. The van der Waals surface area contributed by atoms with Gasteiger partial charge in [-0.25, -0.2) is 9.97 Å². The Balaban J connectivity index is 1.57. The fourth-order valence-electron chi connectivity index (χ4n) is 3.79. The second kappa shape index (κ2) is 9.82. The number of aromatic nitrogens is 2. The zero-order valence-corrected chi connectivity index (χ0v) is 17.0. The Kier molecular flexibility index (Phi) is 7.19. The van der Waals surface area contributed by atoms with Gasteiger partial charge in [-0.05, 0) is 31.4 Å². The molecule has 1 N–H and O–H groups in total. The quantitative estimate of drug-likeness (QED) is 0.775. The maximum Gasteiger partial charge on any atom is 0.237 e. The topological polar surface area (TPSA) is 81.7 Å². The first-order chi connectivity index (χ1) is 13.5. The largest absolute Gasteiger partial charge is 0.353 e. The summed E-state index contributed by atoms with van der Waals surface area (Å²) in [5, 5.41) is 2.92. The van der Waals surface area contributed by atoms with Gasteiger partial charge in [0.2, 0.25) is 17.8 Å². The summed E-state index contributed by atoms with van der Waals surface area (Å²) in [5.41, 5.74) is 0. The number of piperazine rings is 1. The molecule has 0 spiro atoms. The minimum Gasteiger partial charge on any atom is -0.353 e. The van der Waals surface area contributed by atoms with Crippen molar-refractivity contribution in [2.75, 3.05) is 50.7 Å². The summed E-state index contributed by atoms with van der Waals surface area (Å²) in [7, 11) is 0. The Hall–Kier alpha value is -2.22. The molecule has 2 amide bonds. The van der Waals surface area contributed by atoms with Gasteiger partial charge in [0.1, 0.15) is 0 Å². The average molecular weight is 389 g/mol. The number of nitrogens with zero attached hydrogens (tertiary/aromatic N) is 5.